The number of Topliss-reactive ketones (excluding diaryl/α,β-unsaturated/α-hetero) is 1. The number of anilines is 1. The van der Waals surface area contributed by atoms with Gasteiger partial charge in [0.05, 0.1) is 26.9 Å². The zero-order chi connectivity index (χ0) is 24.5. The number of aliphatic imine (C=N–C) groups is 1. The predicted molar refractivity (Wildman–Crippen MR) is 131 cm³/mol. The van der Waals surface area contributed by atoms with E-state index in [2.05, 4.69) is 15.3 Å². The summed E-state index contributed by atoms with van der Waals surface area (Å²) >= 11 is 12.2. The Kier molecular flexibility index (Phi) is 7.05. The first kappa shape index (κ1) is 24.4. The summed E-state index contributed by atoms with van der Waals surface area (Å²) in [6.45, 7) is 1.80. The fraction of sp³-hybridized carbons (Fsp3) is 0.400. The van der Waals surface area contributed by atoms with Crippen LogP contribution >= 0.6 is 23.2 Å². The van der Waals surface area contributed by atoms with Gasteiger partial charge in [-0.15, -0.1) is 0 Å². The molecule has 1 heterocycles. The largest absolute Gasteiger partial charge is 0.480 e. The van der Waals surface area contributed by atoms with Crippen LogP contribution in [0.4, 0.5) is 5.69 Å². The SMILES string of the molecule is CC1C(=O)C2(CCCCC2)C1=N[C@@H](Cc1ccccc1NC(=O)c1c(Cl)cncc1Cl)C(=O)O. The Balaban J connectivity index is 1.60. The van der Waals surface area contributed by atoms with E-state index in [9.17, 15) is 19.5 Å². The van der Waals surface area contributed by atoms with Gasteiger partial charge in [0.2, 0.25) is 0 Å². The molecule has 0 radical (unpaired) electrons. The molecule has 2 saturated carbocycles. The van der Waals surface area contributed by atoms with Crippen LogP contribution < -0.4 is 5.32 Å². The number of para-hydroxylation sites is 1. The maximum Gasteiger partial charge on any atom is 0.328 e. The van der Waals surface area contributed by atoms with Crippen molar-refractivity contribution in [2.24, 2.45) is 16.3 Å². The van der Waals surface area contributed by atoms with E-state index in [0.29, 0.717) is 17.0 Å². The number of carboxylic acids is 1. The standard InChI is InChI=1S/C25H25Cl2N3O4/c1-14-21(25(22(14)31)9-5-2-6-10-25)29-19(24(33)34)11-15-7-3-4-8-18(15)30-23(32)20-16(26)12-28-13-17(20)27/h3-4,7-8,12-14,19H,2,5-6,9-11H2,1H3,(H,30,32)(H,33,34)/t14?,19-/m0/s1. The monoisotopic (exact) mass is 501 g/mol. The van der Waals surface area contributed by atoms with Crippen molar-refractivity contribution in [2.75, 3.05) is 5.32 Å². The fourth-order valence-electron chi connectivity index (χ4n) is 5.09. The Hall–Kier alpha value is -2.77. The van der Waals surface area contributed by atoms with Gasteiger partial charge in [-0.3, -0.25) is 19.6 Å². The Morgan fingerprint density at radius 3 is 2.47 bits per heavy atom. The summed E-state index contributed by atoms with van der Waals surface area (Å²) in [6, 6.07) is 5.85. The molecule has 1 spiro atoms. The van der Waals surface area contributed by atoms with Crippen LogP contribution in [-0.4, -0.2) is 39.5 Å². The van der Waals surface area contributed by atoms with Crippen LogP contribution in [0.15, 0.2) is 41.7 Å². The summed E-state index contributed by atoms with van der Waals surface area (Å²) in [5, 5.41) is 12.9. The van der Waals surface area contributed by atoms with E-state index in [1.54, 1.807) is 31.2 Å². The number of carbonyl (C=O) groups excluding carboxylic acids is 2. The van der Waals surface area contributed by atoms with E-state index in [-0.39, 0.29) is 33.7 Å². The average molecular weight is 502 g/mol. The van der Waals surface area contributed by atoms with E-state index in [0.717, 1.165) is 32.1 Å². The topological polar surface area (TPSA) is 109 Å². The lowest BCUT2D eigenvalue weighted by atomic mass is 9.53. The fourth-order valence-corrected chi connectivity index (χ4v) is 5.63. The number of hydrogen-bond donors (Lipinski definition) is 2. The molecule has 1 aromatic heterocycles. The highest BCUT2D eigenvalue weighted by Gasteiger charge is 2.57. The third-order valence-electron chi connectivity index (χ3n) is 6.81. The lowest BCUT2D eigenvalue weighted by molar-refractivity contribution is -0.139. The maximum absolute atomic E-state index is 12.9. The Morgan fingerprint density at radius 2 is 1.82 bits per heavy atom. The van der Waals surface area contributed by atoms with E-state index in [1.807, 2.05) is 0 Å². The van der Waals surface area contributed by atoms with Crippen molar-refractivity contribution in [3.05, 3.63) is 57.8 Å². The molecule has 2 aromatic rings. The van der Waals surface area contributed by atoms with E-state index in [4.69, 9.17) is 23.2 Å². The number of nitrogens with one attached hydrogen (secondary N) is 1. The number of aliphatic carboxylic acids is 1. The van der Waals surface area contributed by atoms with Crippen LogP contribution in [0.3, 0.4) is 0 Å². The number of pyridine rings is 1. The van der Waals surface area contributed by atoms with Crippen LogP contribution in [0.2, 0.25) is 10.0 Å². The van der Waals surface area contributed by atoms with E-state index >= 15 is 0 Å². The Labute approximate surface area is 207 Å². The van der Waals surface area contributed by atoms with Crippen molar-refractivity contribution in [2.45, 2.75) is 51.5 Å². The summed E-state index contributed by atoms with van der Waals surface area (Å²) in [4.78, 5) is 46.2. The molecule has 9 heteroatoms. The van der Waals surface area contributed by atoms with Crippen LogP contribution in [0.5, 0.6) is 0 Å². The van der Waals surface area contributed by atoms with Gasteiger partial charge in [-0.05, 0) is 24.5 Å². The Bertz CT molecular complexity index is 1150. The molecule has 1 amide bonds. The van der Waals surface area contributed by atoms with Crippen molar-refractivity contribution in [1.82, 2.24) is 4.98 Å². The zero-order valence-corrected chi connectivity index (χ0v) is 20.2. The predicted octanol–water partition coefficient (Wildman–Crippen LogP) is 5.25. The molecule has 1 unspecified atom stereocenters. The molecule has 2 aliphatic rings. The van der Waals surface area contributed by atoms with Crippen molar-refractivity contribution < 1.29 is 19.5 Å². The molecule has 0 bridgehead atoms. The second-order valence-electron chi connectivity index (χ2n) is 8.89. The zero-order valence-electron chi connectivity index (χ0n) is 18.7. The number of rotatable bonds is 6. The van der Waals surface area contributed by atoms with Gasteiger partial charge in [-0.2, -0.15) is 0 Å². The van der Waals surface area contributed by atoms with Gasteiger partial charge in [-0.1, -0.05) is 67.6 Å². The van der Waals surface area contributed by atoms with Gasteiger partial charge in [0.25, 0.3) is 5.91 Å². The molecule has 2 N–H and O–H groups in total. The molecule has 4 rings (SSSR count). The summed E-state index contributed by atoms with van der Waals surface area (Å²) in [6.07, 6.45) is 7.17. The number of amides is 1. The van der Waals surface area contributed by atoms with Crippen molar-refractivity contribution in [3.63, 3.8) is 0 Å². The minimum Gasteiger partial charge on any atom is -0.480 e. The summed E-state index contributed by atoms with van der Waals surface area (Å²) in [7, 11) is 0. The normalized spacial score (nSPS) is 21.2. The molecule has 2 atom stereocenters. The third kappa shape index (κ3) is 4.46. The second kappa shape index (κ2) is 9.84. The molecular weight excluding hydrogens is 477 g/mol. The molecule has 0 aliphatic heterocycles. The number of halogens is 2. The minimum atomic E-state index is -1.08. The van der Waals surface area contributed by atoms with Crippen molar-refractivity contribution in [1.29, 1.82) is 0 Å². The first-order valence-electron chi connectivity index (χ1n) is 11.3. The highest BCUT2D eigenvalue weighted by atomic mass is 35.5. The molecule has 0 saturated heterocycles. The molecule has 2 aliphatic carbocycles. The maximum atomic E-state index is 12.9. The Morgan fingerprint density at radius 1 is 1.18 bits per heavy atom. The van der Waals surface area contributed by atoms with Crippen LogP contribution in [-0.2, 0) is 16.0 Å². The number of carbonyl (C=O) groups is 3. The number of carboxylic acid groups (broad SMARTS) is 1. The van der Waals surface area contributed by atoms with Crippen LogP contribution in [0.25, 0.3) is 0 Å². The third-order valence-corrected chi connectivity index (χ3v) is 7.38. The number of hydrogen-bond acceptors (Lipinski definition) is 5. The van der Waals surface area contributed by atoms with Gasteiger partial charge >= 0.3 is 5.97 Å². The number of ketones is 1. The van der Waals surface area contributed by atoms with Crippen molar-refractivity contribution in [3.8, 4) is 0 Å². The van der Waals surface area contributed by atoms with Crippen molar-refractivity contribution >= 4 is 52.3 Å². The molecule has 2 fully saturated rings. The summed E-state index contributed by atoms with van der Waals surface area (Å²) < 4.78 is 0. The van der Waals surface area contributed by atoms with Gasteiger partial charge in [-0.25, -0.2) is 4.79 Å². The highest BCUT2D eigenvalue weighted by molar-refractivity contribution is 6.40. The molecule has 34 heavy (non-hydrogen) atoms. The van der Waals surface area contributed by atoms with Crippen LogP contribution in [0, 0.1) is 11.3 Å². The number of benzene rings is 1. The first-order valence-corrected chi connectivity index (χ1v) is 12.0. The lowest BCUT2D eigenvalue weighted by Gasteiger charge is -2.48. The van der Waals surface area contributed by atoms with Gasteiger partial charge in [0, 0.05) is 30.2 Å². The average Bonchev–Trinajstić information content (AvgIpc) is 2.82. The summed E-state index contributed by atoms with van der Waals surface area (Å²) in [5.41, 5.74) is 1.25. The lowest BCUT2D eigenvalue weighted by Crippen LogP contribution is -2.59. The summed E-state index contributed by atoms with van der Waals surface area (Å²) in [5.74, 6) is -1.78. The van der Waals surface area contributed by atoms with Crippen LogP contribution in [0.1, 0.15) is 54.9 Å². The van der Waals surface area contributed by atoms with Gasteiger partial charge in [0.15, 0.2) is 11.8 Å². The van der Waals surface area contributed by atoms with E-state index in [1.165, 1.54) is 12.4 Å². The number of nitrogens with zero attached hydrogens (tertiary/aromatic N) is 2. The smallest absolute Gasteiger partial charge is 0.328 e. The molecule has 178 valence electrons. The first-order chi connectivity index (χ1) is 16.2. The van der Waals surface area contributed by atoms with Gasteiger partial charge in [0.1, 0.15) is 0 Å². The molecule has 1 aromatic carbocycles. The minimum absolute atomic E-state index is 0.0596. The number of aromatic nitrogens is 1. The van der Waals surface area contributed by atoms with E-state index < -0.39 is 23.3 Å². The quantitative estimate of drug-likeness (QED) is 0.561. The van der Waals surface area contributed by atoms with Gasteiger partial charge < -0.3 is 10.4 Å². The highest BCUT2D eigenvalue weighted by Crippen LogP contribution is 2.50. The second-order valence-corrected chi connectivity index (χ2v) is 9.71. The molecule has 7 nitrogen and oxygen atoms in total. The molecular formula is C25H25Cl2N3O4.